The van der Waals surface area contributed by atoms with Crippen molar-refractivity contribution in [3.8, 4) is 0 Å². The largest absolute Gasteiger partial charge is 0.381 e. The number of piperidine rings is 1. The van der Waals surface area contributed by atoms with Gasteiger partial charge in [0.2, 0.25) is 5.91 Å². The van der Waals surface area contributed by atoms with E-state index in [9.17, 15) is 4.79 Å². The number of hydrogen-bond donors (Lipinski definition) is 2. The van der Waals surface area contributed by atoms with E-state index < -0.39 is 0 Å². The zero-order chi connectivity index (χ0) is 15.4. The van der Waals surface area contributed by atoms with E-state index in [1.165, 1.54) is 32.4 Å². The molecule has 1 aliphatic carbocycles. The van der Waals surface area contributed by atoms with Gasteiger partial charge in [-0.2, -0.15) is 0 Å². The summed E-state index contributed by atoms with van der Waals surface area (Å²) in [5.74, 6) is 0.351. The molecule has 0 aromatic heterocycles. The highest BCUT2D eigenvalue weighted by atomic mass is 16.5. The average molecular weight is 309 g/mol. The third kappa shape index (κ3) is 3.63. The summed E-state index contributed by atoms with van der Waals surface area (Å²) in [4.78, 5) is 15.1. The van der Waals surface area contributed by atoms with Crippen LogP contribution in [0.4, 0.5) is 0 Å². The lowest BCUT2D eigenvalue weighted by Gasteiger charge is -2.48. The molecule has 0 spiro atoms. The number of hydrogen-bond acceptors (Lipinski definition) is 4. The van der Waals surface area contributed by atoms with E-state index in [0.29, 0.717) is 0 Å². The van der Waals surface area contributed by atoms with Crippen LogP contribution in [-0.2, 0) is 9.53 Å². The molecule has 5 heteroatoms. The van der Waals surface area contributed by atoms with Crippen LogP contribution in [-0.4, -0.2) is 55.2 Å². The number of nitrogens with two attached hydrogens (primary N) is 1. The number of rotatable bonds is 4. The van der Waals surface area contributed by atoms with E-state index in [4.69, 9.17) is 10.5 Å². The highest BCUT2D eigenvalue weighted by Gasteiger charge is 2.39. The molecule has 3 rings (SSSR count). The number of carbonyl (C=O) groups is 1. The molecule has 2 saturated heterocycles. The molecule has 2 atom stereocenters. The fourth-order valence-corrected chi connectivity index (χ4v) is 4.37. The summed E-state index contributed by atoms with van der Waals surface area (Å²) in [6, 6.07) is 0.217. The molecule has 2 heterocycles. The Kier molecular flexibility index (Phi) is 5.37. The zero-order valence-electron chi connectivity index (χ0n) is 13.7. The molecule has 1 saturated carbocycles. The molecule has 0 aromatic rings. The van der Waals surface area contributed by atoms with Gasteiger partial charge in [0.05, 0.1) is 0 Å². The van der Waals surface area contributed by atoms with Gasteiger partial charge >= 0.3 is 0 Å². The number of carbonyl (C=O) groups excluding carboxylic acids is 1. The summed E-state index contributed by atoms with van der Waals surface area (Å²) >= 11 is 0. The second-order valence-electron chi connectivity index (χ2n) is 7.37. The summed E-state index contributed by atoms with van der Waals surface area (Å²) in [5, 5.41) is 3.26. The Balaban J connectivity index is 1.59. The maximum Gasteiger partial charge on any atom is 0.223 e. The Morgan fingerprint density at radius 3 is 2.55 bits per heavy atom. The standard InChI is InChI=1S/C17H31N3O2/c18-15-5-4-14(12-15)16(21)19-13-17(6-10-22-11-7-17)20-8-2-1-3-9-20/h14-15H,1-13,18H2,(H,19,21). The van der Waals surface area contributed by atoms with Gasteiger partial charge in [-0.3, -0.25) is 9.69 Å². The molecule has 0 aromatic carbocycles. The van der Waals surface area contributed by atoms with Crippen molar-refractivity contribution in [1.82, 2.24) is 10.2 Å². The summed E-state index contributed by atoms with van der Waals surface area (Å²) in [7, 11) is 0. The van der Waals surface area contributed by atoms with Crippen LogP contribution in [0.1, 0.15) is 51.4 Å². The summed E-state index contributed by atoms with van der Waals surface area (Å²) in [5.41, 5.74) is 6.06. The third-order valence-electron chi connectivity index (χ3n) is 5.89. The number of nitrogens with zero attached hydrogens (tertiary/aromatic N) is 1. The second kappa shape index (κ2) is 7.28. The van der Waals surface area contributed by atoms with Crippen molar-refractivity contribution in [2.75, 3.05) is 32.8 Å². The van der Waals surface area contributed by atoms with Gasteiger partial charge in [-0.05, 0) is 58.0 Å². The molecule has 3 fully saturated rings. The quantitative estimate of drug-likeness (QED) is 0.820. The first-order valence-electron chi connectivity index (χ1n) is 9.06. The van der Waals surface area contributed by atoms with Crippen LogP contribution < -0.4 is 11.1 Å². The van der Waals surface area contributed by atoms with E-state index in [1.807, 2.05) is 0 Å². The van der Waals surface area contributed by atoms with Crippen LogP contribution in [0.2, 0.25) is 0 Å². The molecule has 0 bridgehead atoms. The van der Waals surface area contributed by atoms with Crippen LogP contribution >= 0.6 is 0 Å². The summed E-state index contributed by atoms with van der Waals surface area (Å²) < 4.78 is 5.58. The molecule has 0 radical (unpaired) electrons. The Hall–Kier alpha value is -0.650. The lowest BCUT2D eigenvalue weighted by Crippen LogP contribution is -2.60. The minimum absolute atomic E-state index is 0.120. The highest BCUT2D eigenvalue weighted by molar-refractivity contribution is 5.79. The Morgan fingerprint density at radius 2 is 1.91 bits per heavy atom. The predicted octanol–water partition coefficient (Wildman–Crippen LogP) is 1.27. The van der Waals surface area contributed by atoms with E-state index >= 15 is 0 Å². The fraction of sp³-hybridized carbons (Fsp3) is 0.941. The van der Waals surface area contributed by atoms with Crippen molar-refractivity contribution in [2.24, 2.45) is 11.7 Å². The summed E-state index contributed by atoms with van der Waals surface area (Å²) in [6.07, 6.45) is 8.79. The second-order valence-corrected chi connectivity index (χ2v) is 7.37. The zero-order valence-corrected chi connectivity index (χ0v) is 13.7. The fourth-order valence-electron chi connectivity index (χ4n) is 4.37. The molecule has 1 amide bonds. The molecular weight excluding hydrogens is 278 g/mol. The monoisotopic (exact) mass is 309 g/mol. The summed E-state index contributed by atoms with van der Waals surface area (Å²) in [6.45, 7) is 4.76. The van der Waals surface area contributed by atoms with Gasteiger partial charge in [-0.25, -0.2) is 0 Å². The van der Waals surface area contributed by atoms with Crippen molar-refractivity contribution >= 4 is 5.91 Å². The lowest BCUT2D eigenvalue weighted by molar-refractivity contribution is -0.126. The van der Waals surface area contributed by atoms with Gasteiger partial charge in [0, 0.05) is 37.3 Å². The van der Waals surface area contributed by atoms with Crippen LogP contribution in [0.5, 0.6) is 0 Å². The van der Waals surface area contributed by atoms with E-state index in [-0.39, 0.29) is 23.4 Å². The molecule has 5 nitrogen and oxygen atoms in total. The van der Waals surface area contributed by atoms with Crippen LogP contribution in [0.3, 0.4) is 0 Å². The van der Waals surface area contributed by atoms with Gasteiger partial charge < -0.3 is 15.8 Å². The molecule has 2 unspecified atom stereocenters. The topological polar surface area (TPSA) is 67.6 Å². The smallest absolute Gasteiger partial charge is 0.223 e. The van der Waals surface area contributed by atoms with Gasteiger partial charge in [0.15, 0.2) is 0 Å². The van der Waals surface area contributed by atoms with E-state index in [0.717, 1.165) is 51.9 Å². The first kappa shape index (κ1) is 16.2. The van der Waals surface area contributed by atoms with Crippen LogP contribution in [0.15, 0.2) is 0 Å². The number of likely N-dealkylation sites (tertiary alicyclic amines) is 1. The molecule has 22 heavy (non-hydrogen) atoms. The van der Waals surface area contributed by atoms with E-state index in [2.05, 4.69) is 10.2 Å². The Morgan fingerprint density at radius 1 is 1.18 bits per heavy atom. The first-order chi connectivity index (χ1) is 10.7. The predicted molar refractivity (Wildman–Crippen MR) is 86.5 cm³/mol. The van der Waals surface area contributed by atoms with Crippen LogP contribution in [0, 0.1) is 5.92 Å². The average Bonchev–Trinajstić information content (AvgIpc) is 3.01. The maximum atomic E-state index is 12.4. The number of amides is 1. The molecule has 3 aliphatic rings. The van der Waals surface area contributed by atoms with Crippen molar-refractivity contribution in [3.05, 3.63) is 0 Å². The van der Waals surface area contributed by atoms with Gasteiger partial charge in [-0.1, -0.05) is 6.42 Å². The Labute approximate surface area is 133 Å². The van der Waals surface area contributed by atoms with E-state index in [1.54, 1.807) is 0 Å². The molecule has 2 aliphatic heterocycles. The van der Waals surface area contributed by atoms with Gasteiger partial charge in [0.25, 0.3) is 0 Å². The first-order valence-corrected chi connectivity index (χ1v) is 9.06. The Bertz CT molecular complexity index is 376. The van der Waals surface area contributed by atoms with Crippen molar-refractivity contribution in [1.29, 1.82) is 0 Å². The highest BCUT2D eigenvalue weighted by Crippen LogP contribution is 2.31. The molecule has 126 valence electrons. The van der Waals surface area contributed by atoms with Crippen molar-refractivity contribution < 1.29 is 9.53 Å². The van der Waals surface area contributed by atoms with Crippen molar-refractivity contribution in [2.45, 2.75) is 62.9 Å². The van der Waals surface area contributed by atoms with Gasteiger partial charge in [-0.15, -0.1) is 0 Å². The van der Waals surface area contributed by atoms with Gasteiger partial charge in [0.1, 0.15) is 0 Å². The minimum Gasteiger partial charge on any atom is -0.381 e. The normalized spacial score (nSPS) is 32.8. The molecular formula is C17H31N3O2. The molecule has 3 N–H and O–H groups in total. The van der Waals surface area contributed by atoms with Crippen molar-refractivity contribution in [3.63, 3.8) is 0 Å². The minimum atomic E-state index is 0.120. The third-order valence-corrected chi connectivity index (χ3v) is 5.89. The SMILES string of the molecule is NC1CCC(C(=O)NCC2(N3CCCCC3)CCOCC2)C1. The number of nitrogens with one attached hydrogen (secondary N) is 1. The van der Waals surface area contributed by atoms with Crippen LogP contribution in [0.25, 0.3) is 0 Å². The maximum absolute atomic E-state index is 12.4. The lowest BCUT2D eigenvalue weighted by atomic mass is 9.86. The number of ether oxygens (including phenoxy) is 1.